The Hall–Kier alpha value is -1.77. The van der Waals surface area contributed by atoms with E-state index in [4.69, 9.17) is 4.74 Å². The average molecular weight is 347 g/mol. The van der Waals surface area contributed by atoms with Gasteiger partial charge < -0.3 is 15.4 Å². The second-order valence-electron chi connectivity index (χ2n) is 5.90. The van der Waals surface area contributed by atoms with Gasteiger partial charge in [0.2, 0.25) is 0 Å². The number of nitrogens with one attached hydrogen (secondary N) is 2. The van der Waals surface area contributed by atoms with Crippen LogP contribution in [0.5, 0.6) is 0 Å². The summed E-state index contributed by atoms with van der Waals surface area (Å²) in [5.41, 5.74) is -0.790. The number of halogens is 3. The van der Waals surface area contributed by atoms with Crippen molar-refractivity contribution in [3.05, 3.63) is 17.5 Å². The molecule has 1 heterocycles. The van der Waals surface area contributed by atoms with Crippen LogP contribution in [0.3, 0.4) is 0 Å². The molecule has 0 bridgehead atoms. The minimum atomic E-state index is -4.46. The molecule has 0 amide bonds. The van der Waals surface area contributed by atoms with E-state index in [0.29, 0.717) is 19.1 Å². The van der Waals surface area contributed by atoms with Crippen molar-refractivity contribution in [3.8, 4) is 0 Å². The zero-order valence-electron chi connectivity index (χ0n) is 14.0. The number of ether oxygens (including phenoxy) is 1. The molecule has 6 nitrogen and oxygen atoms in total. The van der Waals surface area contributed by atoms with E-state index in [9.17, 15) is 13.2 Å². The maximum Gasteiger partial charge on any atom is 0.435 e. The minimum Gasteiger partial charge on any atom is -0.381 e. The Labute approximate surface area is 139 Å². The molecule has 0 radical (unpaired) electrons. The van der Waals surface area contributed by atoms with Gasteiger partial charge in [0.25, 0.3) is 0 Å². The van der Waals surface area contributed by atoms with Gasteiger partial charge in [0.05, 0.1) is 0 Å². The number of aryl methyl sites for hydroxylation is 1. The molecule has 0 saturated heterocycles. The van der Waals surface area contributed by atoms with Crippen molar-refractivity contribution in [2.24, 2.45) is 18.0 Å². The molecule has 0 unspecified atom stereocenters. The zero-order chi connectivity index (χ0) is 17.6. The van der Waals surface area contributed by atoms with Crippen LogP contribution in [0.25, 0.3) is 0 Å². The maximum atomic E-state index is 12.9. The predicted molar refractivity (Wildman–Crippen MR) is 84.6 cm³/mol. The van der Waals surface area contributed by atoms with E-state index < -0.39 is 11.9 Å². The molecule has 0 spiro atoms. The molecular weight excluding hydrogens is 323 g/mol. The third kappa shape index (κ3) is 6.03. The standard InChI is InChI=1S/C15H24F3N5O/c1-19-14(20-6-3-7-24-10-11-4-5-11)21-8-12-9-23(2)22-13(12)15(16,17)18/h9,11H,3-8,10H2,1-2H3,(H2,19,20,21). The molecule has 1 saturated carbocycles. The predicted octanol–water partition coefficient (Wildman–Crippen LogP) is 1.92. The molecule has 136 valence electrons. The van der Waals surface area contributed by atoms with Crippen LogP contribution in [0.2, 0.25) is 0 Å². The van der Waals surface area contributed by atoms with Gasteiger partial charge in [-0.3, -0.25) is 9.67 Å². The number of hydrogen-bond acceptors (Lipinski definition) is 3. The smallest absolute Gasteiger partial charge is 0.381 e. The van der Waals surface area contributed by atoms with Gasteiger partial charge in [-0.25, -0.2) is 0 Å². The topological polar surface area (TPSA) is 63.5 Å². The van der Waals surface area contributed by atoms with Gasteiger partial charge in [0.15, 0.2) is 11.7 Å². The number of alkyl halides is 3. The molecule has 0 atom stereocenters. The molecular formula is C15H24F3N5O. The molecule has 1 aromatic heterocycles. The first kappa shape index (κ1) is 18.6. The van der Waals surface area contributed by atoms with Crippen molar-refractivity contribution in [3.63, 3.8) is 0 Å². The molecule has 0 aromatic carbocycles. The fraction of sp³-hybridized carbons (Fsp3) is 0.733. The number of aromatic nitrogens is 2. The lowest BCUT2D eigenvalue weighted by Gasteiger charge is -2.12. The zero-order valence-corrected chi connectivity index (χ0v) is 14.0. The van der Waals surface area contributed by atoms with Gasteiger partial charge in [-0.15, -0.1) is 0 Å². The lowest BCUT2D eigenvalue weighted by molar-refractivity contribution is -0.142. The normalized spacial score (nSPS) is 15.6. The summed E-state index contributed by atoms with van der Waals surface area (Å²) in [6.07, 6.45) is 0.239. The van der Waals surface area contributed by atoms with Gasteiger partial charge in [-0.1, -0.05) is 0 Å². The molecule has 2 N–H and O–H groups in total. The van der Waals surface area contributed by atoms with Crippen LogP contribution in [0.15, 0.2) is 11.2 Å². The highest BCUT2D eigenvalue weighted by atomic mass is 19.4. The van der Waals surface area contributed by atoms with Gasteiger partial charge >= 0.3 is 6.18 Å². The van der Waals surface area contributed by atoms with Crippen LogP contribution >= 0.6 is 0 Å². The third-order valence-corrected chi connectivity index (χ3v) is 3.65. The maximum absolute atomic E-state index is 12.9. The SMILES string of the molecule is CN=C(NCCCOCC1CC1)NCc1cn(C)nc1C(F)(F)F. The summed E-state index contributed by atoms with van der Waals surface area (Å²) in [5.74, 6) is 1.20. The molecule has 1 aliphatic rings. The van der Waals surface area contributed by atoms with E-state index in [1.165, 1.54) is 26.1 Å². The van der Waals surface area contributed by atoms with E-state index in [2.05, 4.69) is 20.7 Å². The fourth-order valence-electron chi connectivity index (χ4n) is 2.22. The highest BCUT2D eigenvalue weighted by molar-refractivity contribution is 5.79. The quantitative estimate of drug-likeness (QED) is 0.428. The highest BCUT2D eigenvalue weighted by Crippen LogP contribution is 2.30. The van der Waals surface area contributed by atoms with Crippen LogP contribution in [0.4, 0.5) is 13.2 Å². The first-order valence-electron chi connectivity index (χ1n) is 8.02. The van der Waals surface area contributed by atoms with Crippen molar-refractivity contribution in [1.82, 2.24) is 20.4 Å². The van der Waals surface area contributed by atoms with Gasteiger partial charge in [0.1, 0.15) is 0 Å². The third-order valence-electron chi connectivity index (χ3n) is 3.65. The number of guanidine groups is 1. The Morgan fingerprint density at radius 1 is 1.42 bits per heavy atom. The first-order valence-corrected chi connectivity index (χ1v) is 8.02. The summed E-state index contributed by atoms with van der Waals surface area (Å²) in [5, 5.41) is 9.41. The summed E-state index contributed by atoms with van der Waals surface area (Å²) < 4.78 is 45.3. The van der Waals surface area contributed by atoms with Crippen LogP contribution in [-0.4, -0.2) is 42.5 Å². The summed E-state index contributed by atoms with van der Waals surface area (Å²) in [4.78, 5) is 4.00. The van der Waals surface area contributed by atoms with E-state index >= 15 is 0 Å². The van der Waals surface area contributed by atoms with E-state index in [0.717, 1.165) is 23.6 Å². The van der Waals surface area contributed by atoms with Crippen molar-refractivity contribution in [1.29, 1.82) is 0 Å². The molecule has 1 fully saturated rings. The van der Waals surface area contributed by atoms with Crippen LogP contribution in [-0.2, 0) is 24.5 Å². The summed E-state index contributed by atoms with van der Waals surface area (Å²) in [7, 11) is 3.04. The number of nitrogens with zero attached hydrogens (tertiary/aromatic N) is 3. The summed E-state index contributed by atoms with van der Waals surface area (Å²) in [6.45, 7) is 2.14. The Balaban J connectivity index is 1.71. The van der Waals surface area contributed by atoms with Crippen molar-refractivity contribution in [2.45, 2.75) is 32.0 Å². The van der Waals surface area contributed by atoms with Crippen LogP contribution < -0.4 is 10.6 Å². The van der Waals surface area contributed by atoms with Gasteiger partial charge in [-0.05, 0) is 25.2 Å². The summed E-state index contributed by atoms with van der Waals surface area (Å²) >= 11 is 0. The fourth-order valence-corrected chi connectivity index (χ4v) is 2.22. The van der Waals surface area contributed by atoms with Gasteiger partial charge in [-0.2, -0.15) is 18.3 Å². The van der Waals surface area contributed by atoms with Crippen LogP contribution in [0, 0.1) is 5.92 Å². The van der Waals surface area contributed by atoms with E-state index in [1.807, 2.05) is 0 Å². The Morgan fingerprint density at radius 2 is 2.17 bits per heavy atom. The van der Waals surface area contributed by atoms with Crippen molar-refractivity contribution >= 4 is 5.96 Å². The monoisotopic (exact) mass is 347 g/mol. The van der Waals surface area contributed by atoms with Crippen molar-refractivity contribution < 1.29 is 17.9 Å². The van der Waals surface area contributed by atoms with Gasteiger partial charge in [0, 0.05) is 52.2 Å². The first-order chi connectivity index (χ1) is 11.4. The van der Waals surface area contributed by atoms with Crippen LogP contribution in [0.1, 0.15) is 30.5 Å². The Bertz CT molecular complexity index is 552. The molecule has 2 rings (SSSR count). The van der Waals surface area contributed by atoms with E-state index in [1.54, 1.807) is 7.05 Å². The summed E-state index contributed by atoms with van der Waals surface area (Å²) in [6, 6.07) is 0. The Morgan fingerprint density at radius 3 is 2.79 bits per heavy atom. The van der Waals surface area contributed by atoms with E-state index in [-0.39, 0.29) is 12.1 Å². The number of aliphatic imine (C=N–C) groups is 1. The Kier molecular flexibility index (Phi) is 6.47. The molecule has 9 heteroatoms. The average Bonchev–Trinajstić information content (AvgIpc) is 3.25. The molecule has 1 aromatic rings. The second-order valence-corrected chi connectivity index (χ2v) is 5.90. The lowest BCUT2D eigenvalue weighted by Crippen LogP contribution is -2.37. The second kappa shape index (κ2) is 8.36. The molecule has 1 aliphatic carbocycles. The lowest BCUT2D eigenvalue weighted by atomic mass is 10.2. The number of rotatable bonds is 8. The highest BCUT2D eigenvalue weighted by Gasteiger charge is 2.36. The largest absolute Gasteiger partial charge is 0.435 e. The van der Waals surface area contributed by atoms with Crippen molar-refractivity contribution in [2.75, 3.05) is 26.8 Å². The molecule has 0 aliphatic heterocycles. The minimum absolute atomic E-state index is 0.000532. The number of hydrogen-bond donors (Lipinski definition) is 2. The molecule has 24 heavy (non-hydrogen) atoms.